The number of rotatable bonds is 7. The third-order valence-electron chi connectivity index (χ3n) is 6.94. The number of amides is 1. The van der Waals surface area contributed by atoms with Crippen molar-refractivity contribution in [3.8, 4) is 0 Å². The first-order chi connectivity index (χ1) is 15.1. The van der Waals surface area contributed by atoms with Crippen LogP contribution in [0.1, 0.15) is 70.6 Å². The average Bonchev–Trinajstić information content (AvgIpc) is 2.79. The average molecular weight is 424 g/mol. The molecular formula is C25H37N5O. The van der Waals surface area contributed by atoms with E-state index in [-0.39, 0.29) is 5.91 Å². The number of anilines is 2. The van der Waals surface area contributed by atoms with E-state index < -0.39 is 0 Å². The number of para-hydroxylation sites is 1. The number of fused-ring (bicyclic) bond motifs is 1. The molecular weight excluding hydrogens is 386 g/mol. The van der Waals surface area contributed by atoms with Gasteiger partial charge in [-0.1, -0.05) is 44.2 Å². The molecule has 168 valence electrons. The van der Waals surface area contributed by atoms with Crippen molar-refractivity contribution in [2.24, 2.45) is 5.92 Å². The zero-order valence-electron chi connectivity index (χ0n) is 19.1. The molecule has 2 saturated carbocycles. The van der Waals surface area contributed by atoms with Gasteiger partial charge in [0, 0.05) is 38.0 Å². The number of nitrogens with zero attached hydrogens (tertiary/aromatic N) is 3. The van der Waals surface area contributed by atoms with E-state index in [0.29, 0.717) is 24.5 Å². The molecule has 6 nitrogen and oxygen atoms in total. The second-order valence-electron chi connectivity index (χ2n) is 9.59. The first-order valence-corrected chi connectivity index (χ1v) is 12.1. The summed E-state index contributed by atoms with van der Waals surface area (Å²) in [5, 5.41) is 7.90. The van der Waals surface area contributed by atoms with E-state index in [9.17, 15) is 4.79 Å². The van der Waals surface area contributed by atoms with Gasteiger partial charge in [0.05, 0.1) is 5.52 Å². The lowest BCUT2D eigenvalue weighted by Gasteiger charge is -2.30. The Bertz CT molecular complexity index is 869. The highest BCUT2D eigenvalue weighted by Gasteiger charge is 2.24. The number of aromatic nitrogens is 2. The Morgan fingerprint density at radius 3 is 2.42 bits per heavy atom. The maximum Gasteiger partial charge on any atom is 0.225 e. The van der Waals surface area contributed by atoms with Crippen LogP contribution < -0.4 is 15.5 Å². The fraction of sp³-hybridized carbons (Fsp3) is 0.640. The Balaban J connectivity index is 1.26. The molecule has 2 aliphatic carbocycles. The maximum atomic E-state index is 12.4. The molecule has 2 aliphatic rings. The van der Waals surface area contributed by atoms with Gasteiger partial charge in [-0.2, -0.15) is 4.98 Å². The van der Waals surface area contributed by atoms with Crippen LogP contribution in [0.4, 0.5) is 11.8 Å². The fourth-order valence-electron chi connectivity index (χ4n) is 5.14. The topological polar surface area (TPSA) is 70.2 Å². The van der Waals surface area contributed by atoms with Gasteiger partial charge in [0.2, 0.25) is 11.9 Å². The molecule has 0 spiro atoms. The van der Waals surface area contributed by atoms with E-state index in [1.807, 2.05) is 37.2 Å². The highest BCUT2D eigenvalue weighted by molar-refractivity contribution is 5.90. The van der Waals surface area contributed by atoms with Crippen molar-refractivity contribution in [2.45, 2.75) is 82.7 Å². The molecule has 31 heavy (non-hydrogen) atoms. The van der Waals surface area contributed by atoms with Crippen LogP contribution in [0.25, 0.3) is 10.9 Å². The summed E-state index contributed by atoms with van der Waals surface area (Å²) in [4.78, 5) is 23.9. The van der Waals surface area contributed by atoms with Gasteiger partial charge in [0.15, 0.2) is 0 Å². The minimum atomic E-state index is 0.246. The molecule has 0 unspecified atom stereocenters. The Morgan fingerprint density at radius 1 is 0.968 bits per heavy atom. The molecule has 1 heterocycles. The monoisotopic (exact) mass is 423 g/mol. The van der Waals surface area contributed by atoms with Crippen LogP contribution in [0.5, 0.6) is 0 Å². The molecule has 0 aliphatic heterocycles. The number of hydrogen-bond donors (Lipinski definition) is 2. The van der Waals surface area contributed by atoms with Gasteiger partial charge in [-0.25, -0.2) is 4.98 Å². The summed E-state index contributed by atoms with van der Waals surface area (Å²) in [5.41, 5.74) is 0.961. The van der Waals surface area contributed by atoms with Gasteiger partial charge >= 0.3 is 0 Å². The highest BCUT2D eigenvalue weighted by Crippen LogP contribution is 2.28. The predicted octanol–water partition coefficient (Wildman–Crippen LogP) is 4.90. The third kappa shape index (κ3) is 5.86. The molecule has 0 radical (unpaired) electrons. The number of carbonyl (C=O) groups is 1. The quantitative estimate of drug-likeness (QED) is 0.663. The van der Waals surface area contributed by atoms with Crippen LogP contribution in [0.2, 0.25) is 0 Å². The van der Waals surface area contributed by atoms with Gasteiger partial charge < -0.3 is 15.5 Å². The first-order valence-electron chi connectivity index (χ1n) is 12.1. The van der Waals surface area contributed by atoms with E-state index in [1.54, 1.807) is 0 Å². The summed E-state index contributed by atoms with van der Waals surface area (Å²) in [6, 6.07) is 8.81. The van der Waals surface area contributed by atoms with E-state index in [0.717, 1.165) is 54.7 Å². The van der Waals surface area contributed by atoms with Crippen molar-refractivity contribution in [1.29, 1.82) is 0 Å². The van der Waals surface area contributed by atoms with E-state index in [1.165, 1.54) is 32.1 Å². The maximum absolute atomic E-state index is 12.4. The first kappa shape index (κ1) is 21.8. The van der Waals surface area contributed by atoms with E-state index in [4.69, 9.17) is 9.97 Å². The molecule has 2 N–H and O–H groups in total. The Hall–Kier alpha value is -2.37. The summed E-state index contributed by atoms with van der Waals surface area (Å²) < 4.78 is 0. The lowest BCUT2D eigenvalue weighted by Crippen LogP contribution is -2.40. The zero-order valence-corrected chi connectivity index (χ0v) is 19.1. The van der Waals surface area contributed by atoms with E-state index >= 15 is 0 Å². The number of hydrogen-bond acceptors (Lipinski definition) is 5. The molecule has 2 aromatic rings. The minimum Gasteiger partial charge on any atom is -0.362 e. The summed E-state index contributed by atoms with van der Waals surface area (Å²) in [6.07, 6.45) is 12.6. The largest absolute Gasteiger partial charge is 0.362 e. The highest BCUT2D eigenvalue weighted by atomic mass is 16.1. The summed E-state index contributed by atoms with van der Waals surface area (Å²) in [5.74, 6) is 2.65. The van der Waals surface area contributed by atoms with Crippen molar-refractivity contribution in [3.05, 3.63) is 24.3 Å². The smallest absolute Gasteiger partial charge is 0.225 e. The standard InChI is InChI=1S/C25H37N5O/c1-30(2)24-21-10-6-7-11-22(21)28-25(29-24)27-20-15-13-19(14-16-20)26-23(31)17-12-18-8-4-3-5-9-18/h6-7,10-11,18-20H,3-5,8-9,12-17H2,1-2H3,(H,26,31)(H,27,28,29). The number of carbonyl (C=O) groups excluding carboxylic acids is 1. The van der Waals surface area contributed by atoms with Crippen LogP contribution in [0.15, 0.2) is 24.3 Å². The molecule has 1 amide bonds. The summed E-state index contributed by atoms with van der Waals surface area (Å²) in [7, 11) is 4.03. The van der Waals surface area contributed by atoms with Crippen molar-refractivity contribution in [1.82, 2.24) is 15.3 Å². The van der Waals surface area contributed by atoms with Crippen LogP contribution in [-0.2, 0) is 4.79 Å². The summed E-state index contributed by atoms with van der Waals surface area (Å²) in [6.45, 7) is 0. The van der Waals surface area contributed by atoms with Crippen molar-refractivity contribution in [2.75, 3.05) is 24.3 Å². The van der Waals surface area contributed by atoms with Crippen LogP contribution in [0, 0.1) is 5.92 Å². The molecule has 0 atom stereocenters. The molecule has 0 saturated heterocycles. The summed E-state index contributed by atoms with van der Waals surface area (Å²) >= 11 is 0. The fourth-order valence-corrected chi connectivity index (χ4v) is 5.14. The van der Waals surface area contributed by atoms with Gasteiger partial charge in [0.25, 0.3) is 0 Å². The van der Waals surface area contributed by atoms with Crippen LogP contribution in [0.3, 0.4) is 0 Å². The normalized spacial score (nSPS) is 22.3. The van der Waals surface area contributed by atoms with Gasteiger partial charge in [-0.15, -0.1) is 0 Å². The third-order valence-corrected chi connectivity index (χ3v) is 6.94. The molecule has 0 bridgehead atoms. The lowest BCUT2D eigenvalue weighted by molar-refractivity contribution is -0.122. The second-order valence-corrected chi connectivity index (χ2v) is 9.59. The van der Waals surface area contributed by atoms with Crippen LogP contribution >= 0.6 is 0 Å². The Morgan fingerprint density at radius 2 is 1.68 bits per heavy atom. The van der Waals surface area contributed by atoms with Gasteiger partial charge in [-0.3, -0.25) is 4.79 Å². The zero-order chi connectivity index (χ0) is 21.6. The van der Waals surface area contributed by atoms with Crippen LogP contribution in [-0.4, -0.2) is 42.1 Å². The predicted molar refractivity (Wildman–Crippen MR) is 127 cm³/mol. The molecule has 1 aromatic heterocycles. The van der Waals surface area contributed by atoms with Crippen molar-refractivity contribution < 1.29 is 4.79 Å². The van der Waals surface area contributed by atoms with Crippen molar-refractivity contribution >= 4 is 28.6 Å². The number of benzene rings is 1. The molecule has 6 heteroatoms. The van der Waals surface area contributed by atoms with Gasteiger partial charge in [-0.05, 0) is 50.2 Å². The molecule has 2 fully saturated rings. The van der Waals surface area contributed by atoms with Crippen molar-refractivity contribution in [3.63, 3.8) is 0 Å². The Kier molecular flexibility index (Phi) is 7.25. The van der Waals surface area contributed by atoms with Gasteiger partial charge in [0.1, 0.15) is 5.82 Å². The minimum absolute atomic E-state index is 0.246. The SMILES string of the molecule is CN(C)c1nc(NC2CCC(NC(=O)CCC3CCCCC3)CC2)nc2ccccc12. The second kappa shape index (κ2) is 10.3. The number of nitrogens with one attached hydrogen (secondary N) is 2. The molecule has 4 rings (SSSR count). The Labute approximate surface area is 186 Å². The molecule has 1 aromatic carbocycles. The van der Waals surface area contributed by atoms with E-state index in [2.05, 4.69) is 16.7 Å². The lowest BCUT2D eigenvalue weighted by atomic mass is 9.86.